The Morgan fingerprint density at radius 3 is 2.43 bits per heavy atom. The van der Waals surface area contributed by atoms with E-state index >= 15 is 0 Å². The Hall–Kier alpha value is -2.13. The molecule has 21 heavy (non-hydrogen) atoms. The van der Waals surface area contributed by atoms with Crippen LogP contribution in [0.5, 0.6) is 0 Å². The van der Waals surface area contributed by atoms with E-state index in [1.165, 1.54) is 7.11 Å². The SMILES string of the molecule is COC(=O)CCc1ccc(-c2ccccc2CCO)cc1. The normalized spacial score (nSPS) is 10.4. The number of methoxy groups -OCH3 is 1. The molecule has 0 saturated heterocycles. The number of hydrogen-bond donors (Lipinski definition) is 1. The molecule has 0 bridgehead atoms. The number of aliphatic hydroxyl groups excluding tert-OH is 1. The fourth-order valence-electron chi connectivity index (χ4n) is 2.34. The van der Waals surface area contributed by atoms with Crippen molar-refractivity contribution < 1.29 is 14.6 Å². The summed E-state index contributed by atoms with van der Waals surface area (Å²) in [4.78, 5) is 11.1. The first kappa shape index (κ1) is 15.3. The van der Waals surface area contributed by atoms with Gasteiger partial charge in [0.15, 0.2) is 0 Å². The van der Waals surface area contributed by atoms with E-state index in [4.69, 9.17) is 5.11 Å². The van der Waals surface area contributed by atoms with E-state index in [0.29, 0.717) is 19.3 Å². The van der Waals surface area contributed by atoms with Crippen LogP contribution in [0.3, 0.4) is 0 Å². The average Bonchev–Trinajstić information content (AvgIpc) is 2.54. The fraction of sp³-hybridized carbons (Fsp3) is 0.278. The Bertz CT molecular complexity index is 588. The van der Waals surface area contributed by atoms with E-state index in [1.807, 2.05) is 30.3 Å². The maximum atomic E-state index is 11.1. The minimum atomic E-state index is -0.188. The number of carbonyl (C=O) groups is 1. The van der Waals surface area contributed by atoms with Crippen LogP contribution in [0.2, 0.25) is 0 Å². The van der Waals surface area contributed by atoms with Gasteiger partial charge in [-0.25, -0.2) is 0 Å². The molecule has 1 N–H and O–H groups in total. The summed E-state index contributed by atoms with van der Waals surface area (Å²) >= 11 is 0. The summed E-state index contributed by atoms with van der Waals surface area (Å²) in [6.45, 7) is 0.147. The Morgan fingerprint density at radius 2 is 1.76 bits per heavy atom. The summed E-state index contributed by atoms with van der Waals surface area (Å²) in [5, 5.41) is 9.14. The van der Waals surface area contributed by atoms with Gasteiger partial charge in [-0.05, 0) is 35.1 Å². The topological polar surface area (TPSA) is 46.5 Å². The van der Waals surface area contributed by atoms with Gasteiger partial charge in [-0.1, -0.05) is 48.5 Å². The highest BCUT2D eigenvalue weighted by Crippen LogP contribution is 2.24. The summed E-state index contributed by atoms with van der Waals surface area (Å²) < 4.78 is 4.65. The zero-order valence-electron chi connectivity index (χ0n) is 12.2. The van der Waals surface area contributed by atoms with Crippen LogP contribution < -0.4 is 0 Å². The molecule has 0 fully saturated rings. The van der Waals surface area contributed by atoms with Gasteiger partial charge in [0.2, 0.25) is 0 Å². The lowest BCUT2D eigenvalue weighted by Crippen LogP contribution is -2.01. The number of aliphatic hydroxyl groups is 1. The highest BCUT2D eigenvalue weighted by Gasteiger charge is 2.05. The predicted molar refractivity (Wildman–Crippen MR) is 83.0 cm³/mol. The van der Waals surface area contributed by atoms with Gasteiger partial charge in [-0.15, -0.1) is 0 Å². The second-order valence-corrected chi connectivity index (χ2v) is 4.90. The Labute approximate surface area is 125 Å². The zero-order chi connectivity index (χ0) is 15.1. The van der Waals surface area contributed by atoms with Gasteiger partial charge in [0.25, 0.3) is 0 Å². The van der Waals surface area contributed by atoms with E-state index in [0.717, 1.165) is 22.3 Å². The van der Waals surface area contributed by atoms with Crippen molar-refractivity contribution >= 4 is 5.97 Å². The molecule has 0 amide bonds. The first-order valence-electron chi connectivity index (χ1n) is 7.09. The third kappa shape index (κ3) is 4.17. The molecule has 2 aromatic carbocycles. The second-order valence-electron chi connectivity index (χ2n) is 4.90. The third-order valence-corrected chi connectivity index (χ3v) is 3.51. The molecular formula is C18H20O3. The molecule has 0 aliphatic heterocycles. The average molecular weight is 284 g/mol. The molecule has 0 aromatic heterocycles. The van der Waals surface area contributed by atoms with Gasteiger partial charge in [-0.3, -0.25) is 4.79 Å². The van der Waals surface area contributed by atoms with Crippen LogP contribution in [-0.4, -0.2) is 24.8 Å². The van der Waals surface area contributed by atoms with Crippen molar-refractivity contribution in [2.45, 2.75) is 19.3 Å². The van der Waals surface area contributed by atoms with Crippen LogP contribution in [0.25, 0.3) is 11.1 Å². The zero-order valence-corrected chi connectivity index (χ0v) is 12.2. The molecule has 110 valence electrons. The Morgan fingerprint density at radius 1 is 1.05 bits per heavy atom. The molecule has 3 nitrogen and oxygen atoms in total. The number of benzene rings is 2. The van der Waals surface area contributed by atoms with Crippen molar-refractivity contribution in [3.05, 3.63) is 59.7 Å². The van der Waals surface area contributed by atoms with Crippen molar-refractivity contribution in [1.29, 1.82) is 0 Å². The predicted octanol–water partition coefficient (Wildman–Crippen LogP) is 2.99. The second kappa shape index (κ2) is 7.60. The molecule has 0 radical (unpaired) electrons. The third-order valence-electron chi connectivity index (χ3n) is 3.51. The summed E-state index contributed by atoms with van der Waals surface area (Å²) in [6, 6.07) is 16.3. The van der Waals surface area contributed by atoms with Gasteiger partial charge in [0.05, 0.1) is 7.11 Å². The van der Waals surface area contributed by atoms with Crippen molar-refractivity contribution in [2.75, 3.05) is 13.7 Å². The minimum absolute atomic E-state index is 0.147. The monoisotopic (exact) mass is 284 g/mol. The lowest BCUT2D eigenvalue weighted by atomic mass is 9.96. The Kier molecular flexibility index (Phi) is 5.52. The first-order valence-corrected chi connectivity index (χ1v) is 7.09. The largest absolute Gasteiger partial charge is 0.469 e. The molecule has 0 spiro atoms. The van der Waals surface area contributed by atoms with Crippen molar-refractivity contribution in [3.63, 3.8) is 0 Å². The van der Waals surface area contributed by atoms with Gasteiger partial charge in [0, 0.05) is 13.0 Å². The van der Waals surface area contributed by atoms with Crippen LogP contribution in [0, 0.1) is 0 Å². The molecule has 3 heteroatoms. The van der Waals surface area contributed by atoms with E-state index in [2.05, 4.69) is 22.9 Å². The van der Waals surface area contributed by atoms with Crippen LogP contribution in [0.15, 0.2) is 48.5 Å². The number of esters is 1. The number of rotatable bonds is 6. The molecule has 2 aromatic rings. The summed E-state index contributed by atoms with van der Waals surface area (Å²) in [7, 11) is 1.41. The van der Waals surface area contributed by atoms with E-state index in [-0.39, 0.29) is 12.6 Å². The van der Waals surface area contributed by atoms with Gasteiger partial charge in [0.1, 0.15) is 0 Å². The van der Waals surface area contributed by atoms with Crippen molar-refractivity contribution in [3.8, 4) is 11.1 Å². The van der Waals surface area contributed by atoms with Crippen LogP contribution >= 0.6 is 0 Å². The number of hydrogen-bond acceptors (Lipinski definition) is 3. The van der Waals surface area contributed by atoms with Gasteiger partial charge >= 0.3 is 5.97 Å². The van der Waals surface area contributed by atoms with Gasteiger partial charge < -0.3 is 9.84 Å². The molecule has 0 aliphatic rings. The number of aryl methyl sites for hydroxylation is 1. The summed E-state index contributed by atoms with van der Waals surface area (Å²) in [5.74, 6) is -0.188. The number of ether oxygens (including phenoxy) is 1. The minimum Gasteiger partial charge on any atom is -0.469 e. The molecule has 0 atom stereocenters. The summed E-state index contributed by atoms with van der Waals surface area (Å²) in [6.07, 6.45) is 1.74. The molecule has 0 heterocycles. The highest BCUT2D eigenvalue weighted by atomic mass is 16.5. The molecular weight excluding hydrogens is 264 g/mol. The van der Waals surface area contributed by atoms with Gasteiger partial charge in [-0.2, -0.15) is 0 Å². The molecule has 0 saturated carbocycles. The molecule has 0 aliphatic carbocycles. The maximum Gasteiger partial charge on any atom is 0.305 e. The highest BCUT2D eigenvalue weighted by molar-refractivity contribution is 5.70. The van der Waals surface area contributed by atoms with Crippen LogP contribution in [-0.2, 0) is 22.4 Å². The summed E-state index contributed by atoms with van der Waals surface area (Å²) in [5.41, 5.74) is 4.53. The van der Waals surface area contributed by atoms with E-state index in [9.17, 15) is 4.79 Å². The lowest BCUT2D eigenvalue weighted by molar-refractivity contribution is -0.140. The smallest absolute Gasteiger partial charge is 0.305 e. The Balaban J connectivity index is 2.13. The van der Waals surface area contributed by atoms with Crippen LogP contribution in [0.4, 0.5) is 0 Å². The molecule has 0 unspecified atom stereocenters. The van der Waals surface area contributed by atoms with Crippen molar-refractivity contribution in [1.82, 2.24) is 0 Å². The quantitative estimate of drug-likeness (QED) is 0.829. The number of carbonyl (C=O) groups excluding carboxylic acids is 1. The standard InChI is InChI=1S/C18H20O3/c1-21-18(20)11-8-14-6-9-16(10-7-14)17-5-3-2-4-15(17)12-13-19/h2-7,9-10,19H,8,11-13H2,1H3. The lowest BCUT2D eigenvalue weighted by Gasteiger charge is -2.09. The van der Waals surface area contributed by atoms with E-state index in [1.54, 1.807) is 0 Å². The van der Waals surface area contributed by atoms with Crippen molar-refractivity contribution in [2.24, 2.45) is 0 Å². The van der Waals surface area contributed by atoms with E-state index < -0.39 is 0 Å². The first-order chi connectivity index (χ1) is 10.2. The molecule has 2 rings (SSSR count). The maximum absolute atomic E-state index is 11.1. The van der Waals surface area contributed by atoms with Crippen LogP contribution in [0.1, 0.15) is 17.5 Å². The fourth-order valence-corrected chi connectivity index (χ4v) is 2.34.